The van der Waals surface area contributed by atoms with E-state index in [-0.39, 0.29) is 11.8 Å². The third-order valence-electron chi connectivity index (χ3n) is 6.87. The van der Waals surface area contributed by atoms with Crippen molar-refractivity contribution in [3.8, 4) is 11.3 Å². The minimum Gasteiger partial charge on any atom is -0.366 e. The lowest BCUT2D eigenvalue weighted by atomic mass is 10.1. The molecule has 5 aromatic rings. The topological polar surface area (TPSA) is 71.3 Å². The van der Waals surface area contributed by atoms with Gasteiger partial charge in [0.2, 0.25) is 5.91 Å². The van der Waals surface area contributed by atoms with Gasteiger partial charge in [-0.25, -0.2) is 4.98 Å². The molecule has 8 heteroatoms. The molecule has 1 fully saturated rings. The van der Waals surface area contributed by atoms with Gasteiger partial charge in [0.25, 0.3) is 0 Å². The number of halogens is 2. The SMILES string of the molecule is O=C(NCc1cccc(CNc2cc(-c3ccccc3Cl)nc3c(Br)cnn23)c1)C1C[C@H]1c1ccccc1. The largest absolute Gasteiger partial charge is 0.366 e. The molecule has 1 unspecified atom stereocenters. The maximum absolute atomic E-state index is 12.7. The number of amides is 1. The van der Waals surface area contributed by atoms with Crippen LogP contribution in [0, 0.1) is 5.92 Å². The Hall–Kier alpha value is -3.68. The maximum Gasteiger partial charge on any atom is 0.224 e. The lowest BCUT2D eigenvalue weighted by Gasteiger charge is -2.12. The number of aromatic nitrogens is 3. The molecule has 1 saturated carbocycles. The Balaban J connectivity index is 1.14. The Labute approximate surface area is 234 Å². The van der Waals surface area contributed by atoms with Crippen LogP contribution in [-0.2, 0) is 17.9 Å². The summed E-state index contributed by atoms with van der Waals surface area (Å²) in [4.78, 5) is 17.5. The minimum atomic E-state index is 0.0667. The number of benzene rings is 3. The quantitative estimate of drug-likeness (QED) is 0.209. The molecule has 2 N–H and O–H groups in total. The molecule has 1 amide bonds. The maximum atomic E-state index is 12.7. The Morgan fingerprint density at radius 2 is 1.74 bits per heavy atom. The van der Waals surface area contributed by atoms with Gasteiger partial charge in [0.1, 0.15) is 5.82 Å². The van der Waals surface area contributed by atoms with Crippen LogP contribution in [0.2, 0.25) is 5.02 Å². The van der Waals surface area contributed by atoms with Gasteiger partial charge in [-0.15, -0.1) is 0 Å². The monoisotopic (exact) mass is 585 g/mol. The number of rotatable bonds is 8. The van der Waals surface area contributed by atoms with Gasteiger partial charge in [0.15, 0.2) is 5.65 Å². The minimum absolute atomic E-state index is 0.0667. The first kappa shape index (κ1) is 24.6. The highest BCUT2D eigenvalue weighted by atomic mass is 79.9. The Morgan fingerprint density at radius 3 is 2.55 bits per heavy atom. The third-order valence-corrected chi connectivity index (χ3v) is 7.75. The summed E-state index contributed by atoms with van der Waals surface area (Å²) >= 11 is 10.0. The molecular formula is C30H25BrClN5O. The van der Waals surface area contributed by atoms with Gasteiger partial charge in [-0.1, -0.05) is 84.4 Å². The standard InChI is InChI=1S/C30H25BrClN5O/c31-25-18-35-37-28(15-27(36-29(25)37)22-11-4-5-12-26(22)32)33-16-19-7-6-8-20(13-19)17-34-30(38)24-14-23(24)21-9-2-1-3-10-21/h1-13,15,18,23-24,33H,14,16-17H2,(H,34,38)/t23-,24?/m0/s1. The zero-order valence-electron chi connectivity index (χ0n) is 20.4. The van der Waals surface area contributed by atoms with Gasteiger partial charge in [0, 0.05) is 35.7 Å². The van der Waals surface area contributed by atoms with Gasteiger partial charge >= 0.3 is 0 Å². The molecular weight excluding hydrogens is 562 g/mol. The number of nitrogens with one attached hydrogen (secondary N) is 2. The summed E-state index contributed by atoms with van der Waals surface area (Å²) in [6.07, 6.45) is 2.65. The van der Waals surface area contributed by atoms with Crippen LogP contribution in [0.15, 0.2) is 95.6 Å². The zero-order chi connectivity index (χ0) is 26.1. The molecule has 38 heavy (non-hydrogen) atoms. The number of nitrogens with zero attached hydrogens (tertiary/aromatic N) is 3. The van der Waals surface area contributed by atoms with Gasteiger partial charge in [-0.05, 0) is 51.0 Å². The number of anilines is 1. The number of hydrogen-bond donors (Lipinski definition) is 2. The van der Waals surface area contributed by atoms with E-state index in [1.807, 2.05) is 60.7 Å². The third kappa shape index (κ3) is 5.17. The van der Waals surface area contributed by atoms with Crippen LogP contribution >= 0.6 is 27.5 Å². The van der Waals surface area contributed by atoms with Crippen molar-refractivity contribution >= 4 is 44.9 Å². The number of carbonyl (C=O) groups excluding carboxylic acids is 1. The molecule has 1 aliphatic rings. The van der Waals surface area contributed by atoms with Crippen LogP contribution < -0.4 is 10.6 Å². The average molecular weight is 587 g/mol. The van der Waals surface area contributed by atoms with Crippen molar-refractivity contribution in [3.63, 3.8) is 0 Å². The van der Waals surface area contributed by atoms with E-state index in [1.54, 1.807) is 10.7 Å². The van der Waals surface area contributed by atoms with Crippen LogP contribution in [-0.4, -0.2) is 20.5 Å². The molecule has 0 aliphatic heterocycles. The van der Waals surface area contributed by atoms with E-state index in [0.29, 0.717) is 29.7 Å². The highest BCUT2D eigenvalue weighted by Crippen LogP contribution is 2.47. The molecule has 2 heterocycles. The summed E-state index contributed by atoms with van der Waals surface area (Å²) in [6, 6.07) is 28.1. The molecule has 0 radical (unpaired) electrons. The fourth-order valence-corrected chi connectivity index (χ4v) is 5.37. The summed E-state index contributed by atoms with van der Waals surface area (Å²) < 4.78 is 2.57. The molecule has 2 aromatic heterocycles. The van der Waals surface area contributed by atoms with E-state index < -0.39 is 0 Å². The Bertz CT molecular complexity index is 1620. The molecule has 0 saturated heterocycles. The van der Waals surface area contributed by atoms with Crippen LogP contribution in [0.5, 0.6) is 0 Å². The molecule has 0 bridgehead atoms. The highest BCUT2D eigenvalue weighted by Gasteiger charge is 2.43. The number of hydrogen-bond acceptors (Lipinski definition) is 4. The second-order valence-corrected chi connectivity index (χ2v) is 10.7. The Morgan fingerprint density at radius 1 is 0.974 bits per heavy atom. The fraction of sp³-hybridized carbons (Fsp3) is 0.167. The van der Waals surface area contributed by atoms with Crippen LogP contribution in [0.4, 0.5) is 5.82 Å². The highest BCUT2D eigenvalue weighted by molar-refractivity contribution is 9.10. The molecule has 0 spiro atoms. The van der Waals surface area contributed by atoms with Crippen molar-refractivity contribution in [1.29, 1.82) is 0 Å². The second kappa shape index (κ2) is 10.6. The van der Waals surface area contributed by atoms with E-state index in [0.717, 1.165) is 39.1 Å². The lowest BCUT2D eigenvalue weighted by molar-refractivity contribution is -0.122. The summed E-state index contributed by atoms with van der Waals surface area (Å²) in [7, 11) is 0. The number of fused-ring (bicyclic) bond motifs is 1. The molecule has 6 nitrogen and oxygen atoms in total. The predicted octanol–water partition coefficient (Wildman–Crippen LogP) is 6.84. The van der Waals surface area contributed by atoms with Crippen LogP contribution in [0.25, 0.3) is 16.9 Å². The first-order chi connectivity index (χ1) is 18.6. The van der Waals surface area contributed by atoms with Crippen LogP contribution in [0.3, 0.4) is 0 Å². The summed E-state index contributed by atoms with van der Waals surface area (Å²) in [6.45, 7) is 1.09. The first-order valence-electron chi connectivity index (χ1n) is 12.5. The smallest absolute Gasteiger partial charge is 0.224 e. The molecule has 3 aromatic carbocycles. The van der Waals surface area contributed by atoms with E-state index in [4.69, 9.17) is 16.6 Å². The zero-order valence-corrected chi connectivity index (χ0v) is 22.8. The molecule has 2 atom stereocenters. The van der Waals surface area contributed by atoms with Crippen molar-refractivity contribution in [1.82, 2.24) is 19.9 Å². The summed E-state index contributed by atoms with van der Waals surface area (Å²) in [5.74, 6) is 1.33. The van der Waals surface area contributed by atoms with E-state index in [1.165, 1.54) is 5.56 Å². The van der Waals surface area contributed by atoms with Gasteiger partial charge < -0.3 is 10.6 Å². The van der Waals surface area contributed by atoms with Crippen LogP contribution in [0.1, 0.15) is 29.0 Å². The van der Waals surface area contributed by atoms with E-state index in [2.05, 4.69) is 55.9 Å². The van der Waals surface area contributed by atoms with Gasteiger partial charge in [-0.3, -0.25) is 4.79 Å². The van der Waals surface area contributed by atoms with Crippen molar-refractivity contribution in [3.05, 3.63) is 117 Å². The normalized spacial score (nSPS) is 16.4. The van der Waals surface area contributed by atoms with Crippen molar-refractivity contribution in [2.24, 2.45) is 5.92 Å². The second-order valence-electron chi connectivity index (χ2n) is 9.49. The van der Waals surface area contributed by atoms with Gasteiger partial charge in [-0.2, -0.15) is 9.61 Å². The fourth-order valence-electron chi connectivity index (χ4n) is 4.78. The van der Waals surface area contributed by atoms with Crippen molar-refractivity contribution < 1.29 is 4.79 Å². The first-order valence-corrected chi connectivity index (χ1v) is 13.7. The average Bonchev–Trinajstić information content (AvgIpc) is 3.67. The van der Waals surface area contributed by atoms with Crippen molar-refractivity contribution in [2.45, 2.75) is 25.4 Å². The summed E-state index contributed by atoms with van der Waals surface area (Å²) in [5, 5.41) is 11.7. The van der Waals surface area contributed by atoms with E-state index >= 15 is 0 Å². The van der Waals surface area contributed by atoms with Gasteiger partial charge in [0.05, 0.1) is 16.4 Å². The molecule has 1 aliphatic carbocycles. The number of carbonyl (C=O) groups is 1. The van der Waals surface area contributed by atoms with Crippen molar-refractivity contribution in [2.75, 3.05) is 5.32 Å². The predicted molar refractivity (Wildman–Crippen MR) is 154 cm³/mol. The molecule has 6 rings (SSSR count). The molecule has 190 valence electrons. The summed E-state index contributed by atoms with van der Waals surface area (Å²) in [5.41, 5.74) is 5.73. The Kier molecular flexibility index (Phi) is 6.87. The van der Waals surface area contributed by atoms with E-state index in [9.17, 15) is 4.79 Å². The lowest BCUT2D eigenvalue weighted by Crippen LogP contribution is -2.25.